The molecule has 1 heterocycles. The first kappa shape index (κ1) is 27.4. The maximum absolute atomic E-state index is 14.5. The first-order chi connectivity index (χ1) is 19.4. The van der Waals surface area contributed by atoms with Crippen molar-refractivity contribution in [3.63, 3.8) is 0 Å². The first-order valence-corrected chi connectivity index (χ1v) is 14.0. The van der Waals surface area contributed by atoms with Gasteiger partial charge in [-0.05, 0) is 86.7 Å². The van der Waals surface area contributed by atoms with Gasteiger partial charge in [0.1, 0.15) is 23.3 Å². The van der Waals surface area contributed by atoms with Crippen molar-refractivity contribution in [2.45, 2.75) is 71.0 Å². The zero-order valence-corrected chi connectivity index (χ0v) is 23.6. The number of nitrogens with zero attached hydrogens (tertiary/aromatic N) is 4. The molecule has 0 radical (unpaired) electrons. The minimum absolute atomic E-state index is 0.0930. The predicted octanol–water partition coefficient (Wildman–Crippen LogP) is 5.84. The molecule has 2 atom stereocenters. The van der Waals surface area contributed by atoms with Crippen LogP contribution < -0.4 is 15.0 Å². The smallest absolute Gasteiger partial charge is 0.252 e. The van der Waals surface area contributed by atoms with Crippen molar-refractivity contribution >= 4 is 28.5 Å². The largest absolute Gasteiger partial charge is 0.497 e. The van der Waals surface area contributed by atoms with E-state index in [0.29, 0.717) is 22.5 Å². The second-order valence-corrected chi connectivity index (χ2v) is 10.7. The lowest BCUT2D eigenvalue weighted by Crippen LogP contribution is -2.49. The van der Waals surface area contributed by atoms with Crippen molar-refractivity contribution in [1.82, 2.24) is 20.3 Å². The number of benzene rings is 3. The summed E-state index contributed by atoms with van der Waals surface area (Å²) in [6, 6.07) is 19.3. The lowest BCUT2D eigenvalue weighted by Gasteiger charge is -2.35. The summed E-state index contributed by atoms with van der Waals surface area (Å²) in [7, 11) is 1.61. The third kappa shape index (κ3) is 5.57. The van der Waals surface area contributed by atoms with Gasteiger partial charge < -0.3 is 10.1 Å². The standard InChI is InChI=1S/C32H37N5O3/c1-21-14-17-26(20-22(21)2)36(32(39)23(3)37-29-13-9-8-12-28(29)34-35-37)30(24-15-18-27(40-4)19-16-24)31(38)33-25-10-6-5-7-11-25/h8-9,12-20,23,25,30H,5-7,10-11H2,1-4H3,(H,33,38)/t23-,30+/m0/s1. The number of carbonyl (C=O) groups is 2. The number of ether oxygens (including phenoxy) is 1. The molecule has 8 nitrogen and oxygen atoms in total. The molecule has 0 unspecified atom stereocenters. The molecule has 1 aromatic heterocycles. The van der Waals surface area contributed by atoms with E-state index in [1.54, 1.807) is 16.7 Å². The zero-order valence-electron chi connectivity index (χ0n) is 23.6. The van der Waals surface area contributed by atoms with Gasteiger partial charge in [0, 0.05) is 11.7 Å². The number of carbonyl (C=O) groups excluding carboxylic acids is 2. The maximum atomic E-state index is 14.5. The van der Waals surface area contributed by atoms with Gasteiger partial charge in [0.15, 0.2) is 0 Å². The number of anilines is 1. The number of fused-ring (bicyclic) bond motifs is 1. The highest BCUT2D eigenvalue weighted by molar-refractivity contribution is 6.03. The Labute approximate surface area is 235 Å². The number of methoxy groups -OCH3 is 1. The Kier molecular flexibility index (Phi) is 8.14. The highest BCUT2D eigenvalue weighted by Crippen LogP contribution is 2.33. The molecule has 0 saturated heterocycles. The molecule has 0 bridgehead atoms. The van der Waals surface area contributed by atoms with Crippen LogP contribution in [0.15, 0.2) is 66.7 Å². The number of hydrogen-bond donors (Lipinski definition) is 1. The molecule has 0 spiro atoms. The minimum atomic E-state index is -0.889. The number of rotatable bonds is 8. The predicted molar refractivity (Wildman–Crippen MR) is 156 cm³/mol. The molecule has 2 amide bonds. The Morgan fingerprint density at radius 3 is 2.40 bits per heavy atom. The number of para-hydroxylation sites is 1. The number of amides is 2. The number of hydrogen-bond acceptors (Lipinski definition) is 5. The second-order valence-electron chi connectivity index (χ2n) is 10.7. The van der Waals surface area contributed by atoms with Crippen molar-refractivity contribution in [1.29, 1.82) is 0 Å². The molecule has 4 aromatic rings. The summed E-state index contributed by atoms with van der Waals surface area (Å²) in [6.45, 7) is 5.86. The molecule has 1 aliphatic rings. The lowest BCUT2D eigenvalue weighted by molar-refractivity contribution is -0.128. The van der Waals surface area contributed by atoms with E-state index in [1.807, 2.05) is 87.5 Å². The highest BCUT2D eigenvalue weighted by atomic mass is 16.5. The molecule has 5 rings (SSSR count). The molecular formula is C32H37N5O3. The quantitative estimate of drug-likeness (QED) is 0.304. The second kappa shape index (κ2) is 11.9. The van der Waals surface area contributed by atoms with E-state index < -0.39 is 12.1 Å². The van der Waals surface area contributed by atoms with Crippen LogP contribution in [0.3, 0.4) is 0 Å². The number of nitrogens with one attached hydrogen (secondary N) is 1. The van der Waals surface area contributed by atoms with Gasteiger partial charge in [0.25, 0.3) is 5.91 Å². The summed E-state index contributed by atoms with van der Waals surface area (Å²) < 4.78 is 7.02. The molecule has 8 heteroatoms. The van der Waals surface area contributed by atoms with Crippen LogP contribution in [-0.4, -0.2) is 40.0 Å². The van der Waals surface area contributed by atoms with E-state index in [9.17, 15) is 9.59 Å². The molecule has 1 saturated carbocycles. The minimum Gasteiger partial charge on any atom is -0.497 e. The Balaban J connectivity index is 1.61. The summed E-state index contributed by atoms with van der Waals surface area (Å²) in [6.07, 6.45) is 5.26. The van der Waals surface area contributed by atoms with Crippen LogP contribution in [0.1, 0.15) is 67.8 Å². The van der Waals surface area contributed by atoms with Gasteiger partial charge in [-0.25, -0.2) is 4.68 Å². The molecule has 1 fully saturated rings. The molecule has 0 aliphatic heterocycles. The van der Waals surface area contributed by atoms with E-state index in [0.717, 1.165) is 42.3 Å². The molecule has 3 aromatic carbocycles. The topological polar surface area (TPSA) is 89.4 Å². The Morgan fingerprint density at radius 1 is 0.975 bits per heavy atom. The van der Waals surface area contributed by atoms with Gasteiger partial charge in [-0.3, -0.25) is 14.5 Å². The first-order valence-electron chi connectivity index (χ1n) is 14.0. The van der Waals surface area contributed by atoms with E-state index >= 15 is 0 Å². The average molecular weight is 540 g/mol. The van der Waals surface area contributed by atoms with E-state index in [2.05, 4.69) is 15.6 Å². The van der Waals surface area contributed by atoms with Crippen molar-refractivity contribution < 1.29 is 14.3 Å². The lowest BCUT2D eigenvalue weighted by atomic mass is 9.94. The van der Waals surface area contributed by atoms with Crippen LogP contribution >= 0.6 is 0 Å². The van der Waals surface area contributed by atoms with Crippen molar-refractivity contribution in [2.75, 3.05) is 12.0 Å². The van der Waals surface area contributed by atoms with Crippen LogP contribution in [0.2, 0.25) is 0 Å². The van der Waals surface area contributed by atoms with Crippen LogP contribution in [-0.2, 0) is 9.59 Å². The molecule has 1 aliphatic carbocycles. The van der Waals surface area contributed by atoms with Gasteiger partial charge in [0.2, 0.25) is 5.91 Å². The van der Waals surface area contributed by atoms with Crippen LogP contribution in [0, 0.1) is 13.8 Å². The molecular weight excluding hydrogens is 502 g/mol. The Morgan fingerprint density at radius 2 is 1.70 bits per heavy atom. The molecule has 40 heavy (non-hydrogen) atoms. The fraction of sp³-hybridized carbons (Fsp3) is 0.375. The third-order valence-corrected chi connectivity index (χ3v) is 8.00. The van der Waals surface area contributed by atoms with E-state index in [-0.39, 0.29) is 17.9 Å². The van der Waals surface area contributed by atoms with Crippen LogP contribution in [0.5, 0.6) is 5.75 Å². The summed E-state index contributed by atoms with van der Waals surface area (Å²) in [5.41, 5.74) is 4.98. The summed E-state index contributed by atoms with van der Waals surface area (Å²) in [4.78, 5) is 30.4. The number of aryl methyl sites for hydroxylation is 2. The van der Waals surface area contributed by atoms with Crippen LogP contribution in [0.25, 0.3) is 11.0 Å². The molecule has 208 valence electrons. The van der Waals surface area contributed by atoms with Gasteiger partial charge in [-0.15, -0.1) is 5.10 Å². The monoisotopic (exact) mass is 539 g/mol. The summed E-state index contributed by atoms with van der Waals surface area (Å²) in [5, 5.41) is 11.9. The fourth-order valence-corrected chi connectivity index (χ4v) is 5.49. The number of aromatic nitrogens is 3. The summed E-state index contributed by atoms with van der Waals surface area (Å²) in [5.74, 6) is 0.236. The van der Waals surface area contributed by atoms with Crippen LogP contribution in [0.4, 0.5) is 5.69 Å². The van der Waals surface area contributed by atoms with Crippen molar-refractivity contribution in [3.05, 3.63) is 83.4 Å². The van der Waals surface area contributed by atoms with Gasteiger partial charge >= 0.3 is 0 Å². The average Bonchev–Trinajstić information content (AvgIpc) is 3.41. The fourth-order valence-electron chi connectivity index (χ4n) is 5.49. The highest BCUT2D eigenvalue weighted by Gasteiger charge is 2.37. The third-order valence-electron chi connectivity index (χ3n) is 8.00. The van der Waals surface area contributed by atoms with Gasteiger partial charge in [-0.1, -0.05) is 54.8 Å². The van der Waals surface area contributed by atoms with E-state index in [4.69, 9.17) is 4.74 Å². The normalized spacial score (nSPS) is 15.4. The van der Waals surface area contributed by atoms with Crippen molar-refractivity contribution in [3.8, 4) is 5.75 Å². The van der Waals surface area contributed by atoms with Crippen molar-refractivity contribution in [2.24, 2.45) is 0 Å². The zero-order chi connectivity index (χ0) is 28.2. The maximum Gasteiger partial charge on any atom is 0.252 e. The Bertz CT molecular complexity index is 1490. The summed E-state index contributed by atoms with van der Waals surface area (Å²) >= 11 is 0. The Hall–Kier alpha value is -4.20. The van der Waals surface area contributed by atoms with Gasteiger partial charge in [-0.2, -0.15) is 0 Å². The molecule has 1 N–H and O–H groups in total. The van der Waals surface area contributed by atoms with Gasteiger partial charge in [0.05, 0.1) is 12.6 Å². The van der Waals surface area contributed by atoms with E-state index in [1.165, 1.54) is 6.42 Å². The SMILES string of the molecule is COc1ccc([C@H](C(=O)NC2CCCCC2)N(C(=O)[C@H](C)n2nnc3ccccc32)c2ccc(C)c(C)c2)cc1.